The number of aromatic nitrogens is 3. The van der Waals surface area contributed by atoms with Crippen molar-refractivity contribution in [3.8, 4) is 28.6 Å². The number of pyridine rings is 1. The minimum absolute atomic E-state index is 0.167. The number of carboxylic acid groups (broad SMARTS) is 1. The van der Waals surface area contributed by atoms with Crippen molar-refractivity contribution in [1.82, 2.24) is 14.8 Å². The van der Waals surface area contributed by atoms with Gasteiger partial charge in [-0.1, -0.05) is 72.8 Å². The molecule has 0 unspecified atom stereocenters. The van der Waals surface area contributed by atoms with Crippen molar-refractivity contribution in [1.29, 1.82) is 0 Å². The molecule has 0 saturated heterocycles. The van der Waals surface area contributed by atoms with Crippen molar-refractivity contribution < 1.29 is 32.5 Å². The highest BCUT2D eigenvalue weighted by molar-refractivity contribution is 5.68. The lowest BCUT2D eigenvalue weighted by atomic mass is 10.0. The molecule has 5 aromatic rings. The number of hydrogen-bond acceptors (Lipinski definition) is 5. The first-order valence-corrected chi connectivity index (χ1v) is 13.2. The lowest BCUT2D eigenvalue weighted by molar-refractivity contribution is -0.143. The molecule has 7 nitrogen and oxygen atoms in total. The maximum absolute atomic E-state index is 13.8. The van der Waals surface area contributed by atoms with Gasteiger partial charge in [-0.3, -0.25) is 0 Å². The number of halogens is 3. The van der Waals surface area contributed by atoms with Crippen LogP contribution in [0.3, 0.4) is 0 Å². The van der Waals surface area contributed by atoms with Crippen LogP contribution in [0.2, 0.25) is 0 Å². The Bertz CT molecular complexity index is 1720. The third-order valence-electron chi connectivity index (χ3n) is 7.14. The Labute approximate surface area is 238 Å². The topological polar surface area (TPSA) is 86.5 Å². The standard InChI is InChI=1S/C32H24F3N3O4/c33-32(34,35)30-28(42-31(39)40)18-36-38(30)29-12-6-10-26(37-29)23-9-4-5-11-27(23)41-19-20-13-15-22(16-14-20)25-17-24(25)21-7-2-1-3-8-21/h1-16,18,24-25H,17,19H2,(H,39,40)/t24-,25-/m0/s1. The van der Waals surface area contributed by atoms with E-state index >= 15 is 0 Å². The Hall–Kier alpha value is -5.12. The van der Waals surface area contributed by atoms with E-state index in [9.17, 15) is 18.0 Å². The summed E-state index contributed by atoms with van der Waals surface area (Å²) in [5.41, 5.74) is 3.17. The Morgan fingerprint density at radius 3 is 2.26 bits per heavy atom. The average Bonchev–Trinajstić information content (AvgIpc) is 3.68. The largest absolute Gasteiger partial charge is 0.511 e. The molecule has 0 bridgehead atoms. The van der Waals surface area contributed by atoms with Crippen molar-refractivity contribution in [3.63, 3.8) is 0 Å². The van der Waals surface area contributed by atoms with E-state index in [2.05, 4.69) is 51.2 Å². The number of alkyl halides is 3. The summed E-state index contributed by atoms with van der Waals surface area (Å²) in [7, 11) is 0. The monoisotopic (exact) mass is 571 g/mol. The van der Waals surface area contributed by atoms with Crippen LogP contribution in [0.4, 0.5) is 18.0 Å². The summed E-state index contributed by atoms with van der Waals surface area (Å²) in [5, 5.41) is 12.5. The van der Waals surface area contributed by atoms with Gasteiger partial charge in [0.2, 0.25) is 0 Å². The van der Waals surface area contributed by atoms with Crippen LogP contribution in [0.15, 0.2) is 103 Å². The second-order valence-corrected chi connectivity index (χ2v) is 9.90. The summed E-state index contributed by atoms with van der Waals surface area (Å²) in [6, 6.07) is 30.5. The van der Waals surface area contributed by atoms with Gasteiger partial charge in [0.25, 0.3) is 0 Å². The van der Waals surface area contributed by atoms with Crippen LogP contribution >= 0.6 is 0 Å². The number of ether oxygens (including phenoxy) is 2. The summed E-state index contributed by atoms with van der Waals surface area (Å²) in [5.74, 6) is 0.465. The average molecular weight is 572 g/mol. The molecule has 2 atom stereocenters. The van der Waals surface area contributed by atoms with E-state index in [1.54, 1.807) is 30.3 Å². The second kappa shape index (κ2) is 11.0. The van der Waals surface area contributed by atoms with Gasteiger partial charge in [0.1, 0.15) is 12.4 Å². The molecule has 2 aromatic heterocycles. The van der Waals surface area contributed by atoms with E-state index in [0.717, 1.165) is 12.0 Å². The molecular weight excluding hydrogens is 547 g/mol. The minimum Gasteiger partial charge on any atom is -0.488 e. The van der Waals surface area contributed by atoms with Crippen molar-refractivity contribution in [2.24, 2.45) is 0 Å². The number of carbonyl (C=O) groups is 1. The minimum atomic E-state index is -4.95. The van der Waals surface area contributed by atoms with Crippen LogP contribution in [-0.4, -0.2) is 26.0 Å². The Kier molecular flexibility index (Phi) is 7.12. The molecule has 6 rings (SSSR count). The Morgan fingerprint density at radius 2 is 1.55 bits per heavy atom. The number of hydrogen-bond donors (Lipinski definition) is 1. The zero-order chi connectivity index (χ0) is 29.3. The molecule has 0 aliphatic heterocycles. The molecule has 1 saturated carbocycles. The number of rotatable bonds is 8. The zero-order valence-corrected chi connectivity index (χ0v) is 22.0. The predicted molar refractivity (Wildman–Crippen MR) is 148 cm³/mol. The van der Waals surface area contributed by atoms with Gasteiger partial charge in [-0.15, -0.1) is 0 Å². The van der Waals surface area contributed by atoms with Gasteiger partial charge in [-0.05, 0) is 59.2 Å². The van der Waals surface area contributed by atoms with Crippen molar-refractivity contribution >= 4 is 6.16 Å². The third-order valence-corrected chi connectivity index (χ3v) is 7.14. The van der Waals surface area contributed by atoms with Gasteiger partial charge in [0.15, 0.2) is 17.3 Å². The molecule has 10 heteroatoms. The highest BCUT2D eigenvalue weighted by Crippen LogP contribution is 2.54. The van der Waals surface area contributed by atoms with Crippen LogP contribution in [0, 0.1) is 0 Å². The molecule has 42 heavy (non-hydrogen) atoms. The number of para-hydroxylation sites is 1. The molecule has 1 fully saturated rings. The molecule has 2 heterocycles. The summed E-state index contributed by atoms with van der Waals surface area (Å²) in [6.07, 6.45) is -5.00. The van der Waals surface area contributed by atoms with E-state index in [4.69, 9.17) is 9.84 Å². The van der Waals surface area contributed by atoms with Crippen LogP contribution in [0.25, 0.3) is 17.1 Å². The fourth-order valence-electron chi connectivity index (χ4n) is 5.09. The third kappa shape index (κ3) is 5.69. The Balaban J connectivity index is 1.20. The van der Waals surface area contributed by atoms with Gasteiger partial charge >= 0.3 is 12.3 Å². The Morgan fingerprint density at radius 1 is 0.857 bits per heavy atom. The lowest BCUT2D eigenvalue weighted by Crippen LogP contribution is -2.17. The van der Waals surface area contributed by atoms with Gasteiger partial charge in [-0.25, -0.2) is 14.5 Å². The molecule has 1 aliphatic carbocycles. The number of nitrogens with zero attached hydrogens (tertiary/aromatic N) is 3. The second-order valence-electron chi connectivity index (χ2n) is 9.90. The smallest absolute Gasteiger partial charge is 0.488 e. The summed E-state index contributed by atoms with van der Waals surface area (Å²) >= 11 is 0. The van der Waals surface area contributed by atoms with E-state index in [-0.39, 0.29) is 12.4 Å². The molecule has 1 N–H and O–H groups in total. The highest BCUT2D eigenvalue weighted by atomic mass is 19.4. The molecule has 212 valence electrons. The zero-order valence-electron chi connectivity index (χ0n) is 22.0. The fourth-order valence-corrected chi connectivity index (χ4v) is 5.09. The van der Waals surface area contributed by atoms with Gasteiger partial charge < -0.3 is 14.6 Å². The van der Waals surface area contributed by atoms with Crippen LogP contribution in [0.5, 0.6) is 11.5 Å². The molecule has 0 spiro atoms. The molecular formula is C32H24F3N3O4. The first-order chi connectivity index (χ1) is 20.3. The van der Waals surface area contributed by atoms with Crippen molar-refractivity contribution in [3.05, 3.63) is 126 Å². The van der Waals surface area contributed by atoms with E-state index in [1.165, 1.54) is 23.3 Å². The first-order valence-electron chi connectivity index (χ1n) is 13.2. The highest BCUT2D eigenvalue weighted by Gasteiger charge is 2.41. The van der Waals surface area contributed by atoms with E-state index in [1.807, 2.05) is 18.2 Å². The van der Waals surface area contributed by atoms with Gasteiger partial charge in [0.05, 0.1) is 11.9 Å². The maximum atomic E-state index is 13.8. The predicted octanol–water partition coefficient (Wildman–Crippen LogP) is 7.86. The van der Waals surface area contributed by atoms with Crippen LogP contribution < -0.4 is 9.47 Å². The summed E-state index contributed by atoms with van der Waals surface area (Å²) in [4.78, 5) is 15.3. The molecule has 0 radical (unpaired) electrons. The van der Waals surface area contributed by atoms with Crippen molar-refractivity contribution in [2.45, 2.75) is 31.0 Å². The van der Waals surface area contributed by atoms with E-state index < -0.39 is 23.8 Å². The van der Waals surface area contributed by atoms with Crippen molar-refractivity contribution in [2.75, 3.05) is 0 Å². The molecule has 3 aromatic carbocycles. The maximum Gasteiger partial charge on any atom is 0.511 e. The van der Waals surface area contributed by atoms with Gasteiger partial charge in [0, 0.05) is 5.56 Å². The summed E-state index contributed by atoms with van der Waals surface area (Å²) in [6.45, 7) is 0.289. The van der Waals surface area contributed by atoms with Crippen LogP contribution in [0.1, 0.15) is 40.6 Å². The summed E-state index contributed by atoms with van der Waals surface area (Å²) < 4.78 is 52.4. The SMILES string of the molecule is O=C(O)Oc1cnn(-c2cccc(-c3ccccc3OCc3ccc([C@@H]4C[C@H]4c4ccccc4)cc3)n2)c1C(F)(F)F. The lowest BCUT2D eigenvalue weighted by Gasteiger charge is -2.14. The fraction of sp³-hybridized carbons (Fsp3) is 0.156. The number of benzene rings is 3. The molecule has 1 aliphatic rings. The van der Waals surface area contributed by atoms with Crippen LogP contribution in [-0.2, 0) is 12.8 Å². The molecule has 0 amide bonds. The quantitative estimate of drug-likeness (QED) is 0.191. The first kappa shape index (κ1) is 27.1. The normalized spacial score (nSPS) is 16.2. The van der Waals surface area contributed by atoms with E-state index in [0.29, 0.717) is 39.7 Å². The van der Waals surface area contributed by atoms with Gasteiger partial charge in [-0.2, -0.15) is 18.3 Å².